The number of benzene rings is 2. The van der Waals surface area contributed by atoms with E-state index in [0.717, 1.165) is 23.2 Å². The summed E-state index contributed by atoms with van der Waals surface area (Å²) in [6.45, 7) is 0. The maximum atomic E-state index is 6.70. The molecule has 0 radical (unpaired) electrons. The molecule has 0 saturated carbocycles. The van der Waals surface area contributed by atoms with Gasteiger partial charge < -0.3 is 0 Å². The van der Waals surface area contributed by atoms with Gasteiger partial charge in [0.1, 0.15) is 0 Å². The molecule has 1 aromatic heterocycles. The molecule has 0 spiro atoms. The average molecular weight is 495 g/mol. The van der Waals surface area contributed by atoms with E-state index < -0.39 is 0 Å². The number of rotatable bonds is 2. The molecule has 1 heterocycles. The second-order valence-electron chi connectivity index (χ2n) is 4.32. The number of halogens is 4. The lowest BCUT2D eigenvalue weighted by atomic mass is 10.0. The predicted octanol–water partition coefficient (Wildman–Crippen LogP) is 7.52. The fraction of sp³-hybridized carbons (Fsp3) is 0.0667. The summed E-state index contributed by atoms with van der Waals surface area (Å²) in [4.78, 5) is 1.12. The molecular weight excluding hydrogens is 487 g/mol. The highest BCUT2D eigenvalue weighted by Gasteiger charge is 2.18. The summed E-state index contributed by atoms with van der Waals surface area (Å²) in [6, 6.07) is 14.5. The first-order valence-electron chi connectivity index (χ1n) is 5.84. The van der Waals surface area contributed by atoms with Gasteiger partial charge in [-0.1, -0.05) is 46.3 Å². The summed E-state index contributed by atoms with van der Waals surface area (Å²) in [5.41, 5.74) is 1.13. The number of hydrogen-bond acceptors (Lipinski definition) is 1. The van der Waals surface area contributed by atoms with Crippen LogP contribution in [0.25, 0.3) is 10.8 Å². The first-order valence-corrected chi connectivity index (χ1v) is 9.47. The average Bonchev–Trinajstić information content (AvgIpc) is 2.79. The molecule has 5 heteroatoms. The molecule has 3 rings (SSSR count). The highest BCUT2D eigenvalue weighted by atomic mass is 79.9. The van der Waals surface area contributed by atoms with E-state index in [2.05, 4.69) is 78.1 Å². The van der Waals surface area contributed by atoms with Crippen LogP contribution in [0.4, 0.5) is 0 Å². The van der Waals surface area contributed by atoms with E-state index >= 15 is 0 Å². The van der Waals surface area contributed by atoms with Crippen molar-refractivity contribution in [2.24, 2.45) is 0 Å². The standard InChI is InChI=1S/C15H8Br3ClS/c16-11-6-5-10(8-3-1-2-4-9(8)11)14(19)13-7-12(17)15(18)20-13/h1-7,14H. The largest absolute Gasteiger partial charge is 0.130 e. The molecule has 0 saturated heterocycles. The SMILES string of the molecule is ClC(c1cc(Br)c(Br)s1)c1ccc(Br)c2ccccc12. The van der Waals surface area contributed by atoms with Crippen LogP contribution in [0.2, 0.25) is 0 Å². The van der Waals surface area contributed by atoms with Crippen LogP contribution >= 0.6 is 70.7 Å². The lowest BCUT2D eigenvalue weighted by Crippen LogP contribution is -1.92. The predicted molar refractivity (Wildman–Crippen MR) is 99.1 cm³/mol. The van der Waals surface area contributed by atoms with Gasteiger partial charge >= 0.3 is 0 Å². The lowest BCUT2D eigenvalue weighted by molar-refractivity contribution is 1.20. The molecule has 102 valence electrons. The van der Waals surface area contributed by atoms with Crippen LogP contribution in [0.5, 0.6) is 0 Å². The van der Waals surface area contributed by atoms with Crippen LogP contribution in [0, 0.1) is 0 Å². The first-order chi connectivity index (χ1) is 9.58. The van der Waals surface area contributed by atoms with Crippen LogP contribution in [-0.4, -0.2) is 0 Å². The third-order valence-electron chi connectivity index (χ3n) is 3.09. The maximum absolute atomic E-state index is 6.70. The Morgan fingerprint density at radius 3 is 2.25 bits per heavy atom. The Hall–Kier alpha value is 0.130. The number of fused-ring (bicyclic) bond motifs is 1. The monoisotopic (exact) mass is 492 g/mol. The lowest BCUT2D eigenvalue weighted by Gasteiger charge is -2.12. The molecule has 0 nitrogen and oxygen atoms in total. The molecule has 20 heavy (non-hydrogen) atoms. The van der Waals surface area contributed by atoms with Crippen LogP contribution in [0.3, 0.4) is 0 Å². The Balaban J connectivity index is 2.17. The van der Waals surface area contributed by atoms with Crippen molar-refractivity contribution in [3.63, 3.8) is 0 Å². The zero-order valence-corrected chi connectivity index (χ0v) is 16.4. The summed E-state index contributed by atoms with van der Waals surface area (Å²) < 4.78 is 3.21. The molecule has 0 amide bonds. The molecule has 3 aromatic rings. The van der Waals surface area contributed by atoms with Gasteiger partial charge in [0.15, 0.2) is 0 Å². The summed E-state index contributed by atoms with van der Waals surface area (Å²) in [5.74, 6) is 0. The van der Waals surface area contributed by atoms with Crippen molar-refractivity contribution >= 4 is 81.5 Å². The molecule has 1 atom stereocenters. The van der Waals surface area contributed by atoms with Crippen molar-refractivity contribution < 1.29 is 0 Å². The van der Waals surface area contributed by atoms with E-state index in [1.54, 1.807) is 11.3 Å². The van der Waals surface area contributed by atoms with E-state index in [4.69, 9.17) is 11.6 Å². The van der Waals surface area contributed by atoms with Crippen molar-refractivity contribution in [1.82, 2.24) is 0 Å². The molecular formula is C15H8Br3ClS. The van der Waals surface area contributed by atoms with Gasteiger partial charge in [-0.05, 0) is 60.3 Å². The highest BCUT2D eigenvalue weighted by Crippen LogP contribution is 2.42. The van der Waals surface area contributed by atoms with E-state index in [-0.39, 0.29) is 5.38 Å². The van der Waals surface area contributed by atoms with E-state index in [0.29, 0.717) is 0 Å². The molecule has 2 aromatic carbocycles. The number of thiophene rings is 1. The van der Waals surface area contributed by atoms with Gasteiger partial charge in [0.05, 0.1) is 9.16 Å². The van der Waals surface area contributed by atoms with Crippen LogP contribution in [0.15, 0.2) is 55.2 Å². The van der Waals surface area contributed by atoms with Crippen LogP contribution < -0.4 is 0 Å². The molecule has 0 N–H and O–H groups in total. The normalized spacial score (nSPS) is 12.8. The zero-order valence-electron chi connectivity index (χ0n) is 10.0. The van der Waals surface area contributed by atoms with E-state index in [9.17, 15) is 0 Å². The van der Waals surface area contributed by atoms with Crippen molar-refractivity contribution in [1.29, 1.82) is 0 Å². The minimum atomic E-state index is -0.152. The van der Waals surface area contributed by atoms with E-state index in [1.807, 2.05) is 12.1 Å². The summed E-state index contributed by atoms with van der Waals surface area (Å²) in [7, 11) is 0. The molecule has 0 aliphatic carbocycles. The van der Waals surface area contributed by atoms with E-state index in [1.165, 1.54) is 10.8 Å². The quantitative estimate of drug-likeness (QED) is 0.323. The zero-order chi connectivity index (χ0) is 14.3. The van der Waals surface area contributed by atoms with Crippen LogP contribution in [-0.2, 0) is 0 Å². The van der Waals surface area contributed by atoms with Gasteiger partial charge in [0, 0.05) is 13.8 Å². The van der Waals surface area contributed by atoms with Gasteiger partial charge in [0.2, 0.25) is 0 Å². The molecule has 0 fully saturated rings. The van der Waals surface area contributed by atoms with Gasteiger partial charge in [-0.3, -0.25) is 0 Å². The number of hydrogen-bond donors (Lipinski definition) is 0. The van der Waals surface area contributed by atoms with Gasteiger partial charge in [-0.25, -0.2) is 0 Å². The van der Waals surface area contributed by atoms with Gasteiger partial charge in [-0.2, -0.15) is 0 Å². The van der Waals surface area contributed by atoms with Gasteiger partial charge in [-0.15, -0.1) is 22.9 Å². The summed E-state index contributed by atoms with van der Waals surface area (Å²) >= 11 is 19.0. The minimum absolute atomic E-state index is 0.152. The molecule has 0 aliphatic heterocycles. The van der Waals surface area contributed by atoms with Crippen LogP contribution in [0.1, 0.15) is 15.8 Å². The molecule has 0 aliphatic rings. The Morgan fingerprint density at radius 2 is 1.60 bits per heavy atom. The van der Waals surface area contributed by atoms with Crippen molar-refractivity contribution in [3.8, 4) is 0 Å². The summed E-state index contributed by atoms with van der Waals surface area (Å²) in [5, 5.41) is 2.22. The maximum Gasteiger partial charge on any atom is 0.0934 e. The van der Waals surface area contributed by atoms with Gasteiger partial charge in [0.25, 0.3) is 0 Å². The Kier molecular flexibility index (Phi) is 4.58. The number of alkyl halides is 1. The fourth-order valence-electron chi connectivity index (χ4n) is 2.15. The second kappa shape index (κ2) is 6.09. The highest BCUT2D eigenvalue weighted by molar-refractivity contribution is 9.13. The third kappa shape index (κ3) is 2.73. The molecule has 1 unspecified atom stereocenters. The Labute approximate surface area is 151 Å². The molecule has 0 bridgehead atoms. The summed E-state index contributed by atoms with van der Waals surface area (Å²) in [6.07, 6.45) is 0. The topological polar surface area (TPSA) is 0 Å². The van der Waals surface area contributed by atoms with Crippen molar-refractivity contribution in [2.75, 3.05) is 0 Å². The Morgan fingerprint density at radius 1 is 0.900 bits per heavy atom. The third-order valence-corrected chi connectivity index (χ3v) is 7.70. The van der Waals surface area contributed by atoms with Crippen molar-refractivity contribution in [3.05, 3.63) is 65.6 Å². The smallest absolute Gasteiger partial charge is 0.0934 e. The second-order valence-corrected chi connectivity index (χ2v) is 8.86. The minimum Gasteiger partial charge on any atom is -0.130 e. The fourth-order valence-corrected chi connectivity index (χ4v) is 5.10. The Bertz CT molecular complexity index is 762. The van der Waals surface area contributed by atoms with Crippen molar-refractivity contribution in [2.45, 2.75) is 5.38 Å². The first kappa shape index (κ1) is 15.0.